The number of ether oxygens (including phenoxy) is 1. The molecule has 0 spiro atoms. The molecule has 1 aromatic carbocycles. The molecule has 122 valence electrons. The molecule has 1 saturated heterocycles. The molecule has 24 heavy (non-hydrogen) atoms. The molecule has 2 fully saturated rings. The molecule has 0 unspecified atom stereocenters. The minimum absolute atomic E-state index is 0.650. The first-order chi connectivity index (χ1) is 11.7. The van der Waals surface area contributed by atoms with Gasteiger partial charge in [-0.25, -0.2) is 0 Å². The number of hydrogen-bond acceptors (Lipinski definition) is 4. The summed E-state index contributed by atoms with van der Waals surface area (Å²) in [6, 6.07) is 10.2. The van der Waals surface area contributed by atoms with Gasteiger partial charge in [-0.1, -0.05) is 17.7 Å². The van der Waals surface area contributed by atoms with Crippen molar-refractivity contribution in [3.63, 3.8) is 0 Å². The van der Waals surface area contributed by atoms with E-state index in [0.717, 1.165) is 35.4 Å². The van der Waals surface area contributed by atoms with Gasteiger partial charge in [0.25, 0.3) is 0 Å². The lowest BCUT2D eigenvalue weighted by atomic mass is 10.2. The molecule has 2 aliphatic rings. The number of hydrogen-bond donors (Lipinski definition) is 0. The van der Waals surface area contributed by atoms with Crippen LogP contribution in [0.4, 0.5) is 5.95 Å². The highest BCUT2D eigenvalue weighted by Crippen LogP contribution is 2.46. The van der Waals surface area contributed by atoms with Crippen molar-refractivity contribution in [1.82, 2.24) is 14.6 Å². The first-order valence-corrected chi connectivity index (χ1v) is 8.63. The van der Waals surface area contributed by atoms with Crippen LogP contribution in [0.15, 0.2) is 36.5 Å². The maximum Gasteiger partial charge on any atom is 0.232 e. The average Bonchev–Trinajstić information content (AvgIpc) is 3.04. The Hall–Kier alpha value is -2.27. The normalized spacial score (nSPS) is 22.0. The van der Waals surface area contributed by atoms with Crippen LogP contribution in [0.5, 0.6) is 11.5 Å². The summed E-state index contributed by atoms with van der Waals surface area (Å²) >= 11 is 6.19. The second-order valence-electron chi connectivity index (χ2n) is 6.58. The SMILES string of the molecule is Cc1c(Cl)cccc1Oc1cccn2c(N3CC[C@@H]4C[C@@H]43)nnc12. The van der Waals surface area contributed by atoms with E-state index >= 15 is 0 Å². The summed E-state index contributed by atoms with van der Waals surface area (Å²) in [4.78, 5) is 2.37. The molecular weight excluding hydrogens is 324 g/mol. The highest BCUT2D eigenvalue weighted by Gasteiger charge is 2.48. The Balaban J connectivity index is 1.55. The quantitative estimate of drug-likeness (QED) is 0.720. The third-order valence-electron chi connectivity index (χ3n) is 5.10. The minimum atomic E-state index is 0.650. The average molecular weight is 341 g/mol. The van der Waals surface area contributed by atoms with Crippen molar-refractivity contribution in [2.75, 3.05) is 11.4 Å². The monoisotopic (exact) mass is 340 g/mol. The topological polar surface area (TPSA) is 42.7 Å². The van der Waals surface area contributed by atoms with Crippen molar-refractivity contribution in [3.8, 4) is 11.5 Å². The number of benzene rings is 1. The van der Waals surface area contributed by atoms with Gasteiger partial charge in [0.2, 0.25) is 11.6 Å². The van der Waals surface area contributed by atoms with E-state index < -0.39 is 0 Å². The number of piperidine rings is 1. The number of aromatic nitrogens is 3. The lowest BCUT2D eigenvalue weighted by Gasteiger charge is -2.17. The second kappa shape index (κ2) is 5.11. The zero-order valence-corrected chi connectivity index (χ0v) is 14.1. The van der Waals surface area contributed by atoms with Gasteiger partial charge in [-0.05, 0) is 49.9 Å². The predicted octanol–water partition coefficient (Wildman–Crippen LogP) is 4.08. The summed E-state index contributed by atoms with van der Waals surface area (Å²) in [5, 5.41) is 9.50. The van der Waals surface area contributed by atoms with Crippen LogP contribution in [-0.4, -0.2) is 27.2 Å². The Morgan fingerprint density at radius 1 is 1.17 bits per heavy atom. The fourth-order valence-corrected chi connectivity index (χ4v) is 3.78. The van der Waals surface area contributed by atoms with Crippen LogP contribution in [0.3, 0.4) is 0 Å². The van der Waals surface area contributed by atoms with Crippen LogP contribution in [-0.2, 0) is 0 Å². The van der Waals surface area contributed by atoms with Crippen molar-refractivity contribution in [3.05, 3.63) is 47.1 Å². The third-order valence-corrected chi connectivity index (χ3v) is 5.51. The van der Waals surface area contributed by atoms with Crippen LogP contribution < -0.4 is 9.64 Å². The number of nitrogens with zero attached hydrogens (tertiary/aromatic N) is 4. The molecule has 5 nitrogen and oxygen atoms in total. The molecule has 1 aliphatic carbocycles. The van der Waals surface area contributed by atoms with Gasteiger partial charge in [-0.2, -0.15) is 0 Å². The van der Waals surface area contributed by atoms with E-state index in [2.05, 4.69) is 15.1 Å². The Bertz CT molecular complexity index is 938. The van der Waals surface area contributed by atoms with Crippen molar-refractivity contribution in [2.24, 2.45) is 5.92 Å². The van der Waals surface area contributed by atoms with Crippen LogP contribution in [0, 0.1) is 12.8 Å². The molecule has 0 bridgehead atoms. The number of anilines is 1. The van der Waals surface area contributed by atoms with E-state index in [1.165, 1.54) is 12.8 Å². The fourth-order valence-electron chi connectivity index (χ4n) is 3.61. The van der Waals surface area contributed by atoms with Gasteiger partial charge in [-0.3, -0.25) is 4.40 Å². The van der Waals surface area contributed by atoms with Crippen molar-refractivity contribution in [1.29, 1.82) is 0 Å². The first-order valence-electron chi connectivity index (χ1n) is 8.26. The largest absolute Gasteiger partial charge is 0.453 e. The molecule has 1 saturated carbocycles. The zero-order valence-electron chi connectivity index (χ0n) is 13.3. The highest BCUT2D eigenvalue weighted by molar-refractivity contribution is 6.31. The number of halogens is 1. The molecule has 3 aromatic rings. The molecule has 2 atom stereocenters. The molecule has 3 heterocycles. The number of pyridine rings is 1. The van der Waals surface area contributed by atoms with E-state index in [9.17, 15) is 0 Å². The highest BCUT2D eigenvalue weighted by atomic mass is 35.5. The van der Waals surface area contributed by atoms with Crippen LogP contribution in [0.1, 0.15) is 18.4 Å². The maximum atomic E-state index is 6.19. The first kappa shape index (κ1) is 14.1. The van der Waals surface area contributed by atoms with Gasteiger partial charge in [0.1, 0.15) is 5.75 Å². The Labute approximate surface area is 144 Å². The Morgan fingerprint density at radius 3 is 2.83 bits per heavy atom. The van der Waals surface area contributed by atoms with E-state index in [0.29, 0.717) is 16.8 Å². The number of fused-ring (bicyclic) bond motifs is 2. The Morgan fingerprint density at radius 2 is 2.04 bits per heavy atom. The second-order valence-corrected chi connectivity index (χ2v) is 6.98. The van der Waals surface area contributed by atoms with Gasteiger partial charge in [0, 0.05) is 29.4 Å². The number of rotatable bonds is 3. The lowest BCUT2D eigenvalue weighted by molar-refractivity contribution is 0.481. The summed E-state index contributed by atoms with van der Waals surface area (Å²) in [7, 11) is 0. The summed E-state index contributed by atoms with van der Waals surface area (Å²) in [5.74, 6) is 3.20. The Kier molecular flexibility index (Phi) is 3.00. The zero-order chi connectivity index (χ0) is 16.3. The van der Waals surface area contributed by atoms with E-state index in [4.69, 9.17) is 16.3 Å². The molecule has 0 radical (unpaired) electrons. The van der Waals surface area contributed by atoms with Crippen molar-refractivity contribution in [2.45, 2.75) is 25.8 Å². The van der Waals surface area contributed by atoms with Crippen LogP contribution >= 0.6 is 11.6 Å². The lowest BCUT2D eigenvalue weighted by Crippen LogP contribution is -2.24. The fraction of sp³-hybridized carbons (Fsp3) is 0.333. The summed E-state index contributed by atoms with van der Waals surface area (Å²) < 4.78 is 8.11. The molecule has 2 aromatic heterocycles. The van der Waals surface area contributed by atoms with Gasteiger partial charge in [0.05, 0.1) is 0 Å². The van der Waals surface area contributed by atoms with E-state index in [1.54, 1.807) is 0 Å². The third kappa shape index (κ3) is 2.08. The van der Waals surface area contributed by atoms with Crippen molar-refractivity contribution < 1.29 is 4.74 Å². The molecule has 1 aliphatic heterocycles. The van der Waals surface area contributed by atoms with Gasteiger partial charge in [0.15, 0.2) is 5.75 Å². The predicted molar refractivity (Wildman–Crippen MR) is 93.1 cm³/mol. The standard InChI is InChI=1S/C18H17ClN4O/c1-11-13(19)4-2-5-15(11)24-16-6-3-8-23-17(16)20-21-18(23)22-9-7-12-10-14(12)22/h2-6,8,12,14H,7,9-10H2,1H3/t12-,14+/m1/s1. The van der Waals surface area contributed by atoms with Crippen LogP contribution in [0.25, 0.3) is 5.65 Å². The molecular formula is C18H17ClN4O. The van der Waals surface area contributed by atoms with Gasteiger partial charge in [-0.15, -0.1) is 10.2 Å². The maximum absolute atomic E-state index is 6.19. The van der Waals surface area contributed by atoms with Gasteiger partial charge >= 0.3 is 0 Å². The minimum Gasteiger partial charge on any atom is -0.453 e. The summed E-state index contributed by atoms with van der Waals surface area (Å²) in [6.07, 6.45) is 4.54. The van der Waals surface area contributed by atoms with Crippen molar-refractivity contribution >= 4 is 23.2 Å². The van der Waals surface area contributed by atoms with E-state index in [-0.39, 0.29) is 0 Å². The summed E-state index contributed by atoms with van der Waals surface area (Å²) in [5.41, 5.74) is 1.65. The summed E-state index contributed by atoms with van der Waals surface area (Å²) in [6.45, 7) is 3.01. The van der Waals surface area contributed by atoms with Gasteiger partial charge < -0.3 is 9.64 Å². The molecule has 5 rings (SSSR count). The van der Waals surface area contributed by atoms with E-state index in [1.807, 2.05) is 47.9 Å². The van der Waals surface area contributed by atoms with Crippen LogP contribution in [0.2, 0.25) is 5.02 Å². The smallest absolute Gasteiger partial charge is 0.232 e. The molecule has 0 N–H and O–H groups in total. The molecule has 0 amide bonds. The molecule has 6 heteroatoms.